The van der Waals surface area contributed by atoms with Gasteiger partial charge in [0.05, 0.1) is 0 Å². The van der Waals surface area contributed by atoms with Crippen LogP contribution >= 0.6 is 11.6 Å². The summed E-state index contributed by atoms with van der Waals surface area (Å²) >= 11 is 5.57. The van der Waals surface area contributed by atoms with Gasteiger partial charge in [-0.2, -0.15) is 0 Å². The predicted octanol–water partition coefficient (Wildman–Crippen LogP) is 2.62. The standard InChI is InChI=1S/C7H12Cl/c8-6-5-7-3-1-2-4-7/h1,7H,2-6H2. The summed E-state index contributed by atoms with van der Waals surface area (Å²) < 4.78 is 0. The third-order valence-electron chi connectivity index (χ3n) is 1.80. The molecular weight excluding hydrogens is 120 g/mol. The molecule has 8 heavy (non-hydrogen) atoms. The van der Waals surface area contributed by atoms with Gasteiger partial charge in [-0.15, -0.1) is 11.6 Å². The zero-order valence-corrected chi connectivity index (χ0v) is 5.82. The molecule has 0 saturated heterocycles. The number of hydrogen-bond acceptors (Lipinski definition) is 0. The maximum atomic E-state index is 5.57. The Kier molecular flexibility index (Phi) is 2.68. The minimum absolute atomic E-state index is 0.846. The Labute approximate surface area is 56.2 Å². The lowest BCUT2D eigenvalue weighted by atomic mass is 10.1. The molecule has 1 saturated carbocycles. The molecule has 1 heteroatoms. The summed E-state index contributed by atoms with van der Waals surface area (Å²) in [5.41, 5.74) is 0. The van der Waals surface area contributed by atoms with Gasteiger partial charge in [-0.3, -0.25) is 0 Å². The normalized spacial score (nSPS) is 22.1. The van der Waals surface area contributed by atoms with E-state index in [1.807, 2.05) is 0 Å². The minimum atomic E-state index is 0.846. The van der Waals surface area contributed by atoms with Gasteiger partial charge in [0, 0.05) is 5.88 Å². The van der Waals surface area contributed by atoms with E-state index >= 15 is 0 Å². The molecule has 1 aliphatic carbocycles. The molecule has 47 valence electrons. The molecule has 1 unspecified atom stereocenters. The summed E-state index contributed by atoms with van der Waals surface area (Å²) in [7, 11) is 0. The molecule has 0 aromatic rings. The van der Waals surface area contributed by atoms with E-state index in [4.69, 9.17) is 11.6 Å². The van der Waals surface area contributed by atoms with E-state index in [1.54, 1.807) is 0 Å². The van der Waals surface area contributed by atoms with Gasteiger partial charge in [-0.05, 0) is 31.6 Å². The first-order chi connectivity index (χ1) is 3.93. The van der Waals surface area contributed by atoms with Gasteiger partial charge >= 0.3 is 0 Å². The molecule has 0 amide bonds. The van der Waals surface area contributed by atoms with Crippen molar-refractivity contribution >= 4 is 11.6 Å². The van der Waals surface area contributed by atoms with Crippen LogP contribution in [0.5, 0.6) is 0 Å². The molecule has 0 N–H and O–H groups in total. The van der Waals surface area contributed by atoms with Crippen molar-refractivity contribution in [3.05, 3.63) is 6.42 Å². The van der Waals surface area contributed by atoms with Crippen molar-refractivity contribution in [2.24, 2.45) is 5.92 Å². The molecule has 1 radical (unpaired) electrons. The summed E-state index contributed by atoms with van der Waals surface area (Å²) in [4.78, 5) is 0. The predicted molar refractivity (Wildman–Crippen MR) is 37.0 cm³/mol. The lowest BCUT2D eigenvalue weighted by Crippen LogP contribution is -1.92. The fourth-order valence-electron chi connectivity index (χ4n) is 1.24. The van der Waals surface area contributed by atoms with Gasteiger partial charge in [0.2, 0.25) is 0 Å². The Bertz CT molecular complexity index is 55.4. The summed E-state index contributed by atoms with van der Waals surface area (Å²) in [6, 6.07) is 0. The summed E-state index contributed by atoms with van der Waals surface area (Å²) in [5, 5.41) is 0. The summed E-state index contributed by atoms with van der Waals surface area (Å²) in [6.45, 7) is 0. The Morgan fingerprint density at radius 1 is 1.62 bits per heavy atom. The molecule has 1 atom stereocenters. The van der Waals surface area contributed by atoms with E-state index in [2.05, 4.69) is 6.42 Å². The summed E-state index contributed by atoms with van der Waals surface area (Å²) in [5.74, 6) is 1.77. The van der Waals surface area contributed by atoms with Crippen molar-refractivity contribution in [3.8, 4) is 0 Å². The largest absolute Gasteiger partial charge is 0.127 e. The molecule has 0 aromatic heterocycles. The highest BCUT2D eigenvalue weighted by Gasteiger charge is 2.13. The minimum Gasteiger partial charge on any atom is -0.127 e. The molecule has 1 aliphatic rings. The molecule has 0 bridgehead atoms. The first kappa shape index (κ1) is 6.41. The van der Waals surface area contributed by atoms with Gasteiger partial charge in [-0.1, -0.05) is 6.42 Å². The number of hydrogen-bond donors (Lipinski definition) is 0. The first-order valence-electron chi connectivity index (χ1n) is 3.31. The van der Waals surface area contributed by atoms with Crippen LogP contribution in [0.3, 0.4) is 0 Å². The number of halogens is 1. The molecular formula is C7H12Cl. The highest BCUT2D eigenvalue weighted by molar-refractivity contribution is 6.17. The van der Waals surface area contributed by atoms with Crippen LogP contribution < -0.4 is 0 Å². The Hall–Kier alpha value is 0.290. The van der Waals surface area contributed by atoms with E-state index in [0.29, 0.717) is 0 Å². The van der Waals surface area contributed by atoms with Crippen LogP contribution in [-0.4, -0.2) is 5.88 Å². The number of rotatable bonds is 2. The Balaban J connectivity index is 2.06. The van der Waals surface area contributed by atoms with Crippen molar-refractivity contribution in [1.29, 1.82) is 0 Å². The van der Waals surface area contributed by atoms with Gasteiger partial charge in [-0.25, -0.2) is 0 Å². The molecule has 0 spiro atoms. The van der Waals surface area contributed by atoms with Gasteiger partial charge in [0.15, 0.2) is 0 Å². The molecule has 0 heterocycles. The maximum absolute atomic E-state index is 5.57. The van der Waals surface area contributed by atoms with Crippen LogP contribution in [0.1, 0.15) is 25.7 Å². The fourth-order valence-corrected chi connectivity index (χ4v) is 1.55. The smallest absolute Gasteiger partial charge is 0.0226 e. The average molecular weight is 132 g/mol. The third-order valence-corrected chi connectivity index (χ3v) is 2.01. The Morgan fingerprint density at radius 2 is 2.50 bits per heavy atom. The maximum Gasteiger partial charge on any atom is 0.0226 e. The van der Waals surface area contributed by atoms with Crippen molar-refractivity contribution in [3.63, 3.8) is 0 Å². The fraction of sp³-hybridized carbons (Fsp3) is 0.857. The van der Waals surface area contributed by atoms with Gasteiger partial charge in [0.25, 0.3) is 0 Å². The van der Waals surface area contributed by atoms with Crippen molar-refractivity contribution in [2.75, 3.05) is 5.88 Å². The third kappa shape index (κ3) is 1.66. The van der Waals surface area contributed by atoms with Crippen LogP contribution in [0, 0.1) is 12.3 Å². The molecule has 0 nitrogen and oxygen atoms in total. The SMILES string of the molecule is ClCCC1C[CH]CC1. The van der Waals surface area contributed by atoms with E-state index in [-0.39, 0.29) is 0 Å². The first-order valence-corrected chi connectivity index (χ1v) is 3.84. The van der Waals surface area contributed by atoms with E-state index in [9.17, 15) is 0 Å². The monoisotopic (exact) mass is 131 g/mol. The van der Waals surface area contributed by atoms with E-state index in [1.165, 1.54) is 25.7 Å². The zero-order chi connectivity index (χ0) is 5.82. The molecule has 1 rings (SSSR count). The average Bonchev–Trinajstić information content (AvgIpc) is 2.19. The highest BCUT2D eigenvalue weighted by Crippen LogP contribution is 2.26. The zero-order valence-electron chi connectivity index (χ0n) is 5.07. The van der Waals surface area contributed by atoms with Crippen LogP contribution in [-0.2, 0) is 0 Å². The lowest BCUT2D eigenvalue weighted by molar-refractivity contribution is 0.540. The Morgan fingerprint density at radius 3 is 3.00 bits per heavy atom. The van der Waals surface area contributed by atoms with Gasteiger partial charge in [0.1, 0.15) is 0 Å². The summed E-state index contributed by atoms with van der Waals surface area (Å²) in [6.07, 6.45) is 7.61. The molecule has 1 fully saturated rings. The van der Waals surface area contributed by atoms with E-state index < -0.39 is 0 Å². The molecule has 0 aromatic carbocycles. The van der Waals surface area contributed by atoms with Crippen LogP contribution in [0.4, 0.5) is 0 Å². The van der Waals surface area contributed by atoms with Crippen molar-refractivity contribution < 1.29 is 0 Å². The molecule has 0 aliphatic heterocycles. The second-order valence-corrected chi connectivity index (χ2v) is 2.82. The van der Waals surface area contributed by atoms with Crippen LogP contribution in [0.25, 0.3) is 0 Å². The van der Waals surface area contributed by atoms with Crippen LogP contribution in [0.15, 0.2) is 0 Å². The van der Waals surface area contributed by atoms with Crippen molar-refractivity contribution in [1.82, 2.24) is 0 Å². The van der Waals surface area contributed by atoms with Gasteiger partial charge < -0.3 is 0 Å². The second-order valence-electron chi connectivity index (χ2n) is 2.45. The van der Waals surface area contributed by atoms with Crippen molar-refractivity contribution in [2.45, 2.75) is 25.7 Å². The topological polar surface area (TPSA) is 0 Å². The lowest BCUT2D eigenvalue weighted by Gasteiger charge is -2.02. The quantitative estimate of drug-likeness (QED) is 0.506. The van der Waals surface area contributed by atoms with E-state index in [0.717, 1.165) is 11.8 Å². The van der Waals surface area contributed by atoms with Crippen LogP contribution in [0.2, 0.25) is 0 Å². The second kappa shape index (κ2) is 3.34. The number of alkyl halides is 1. The highest BCUT2D eigenvalue weighted by atomic mass is 35.5.